The Kier molecular flexibility index (Phi) is 8.76. The van der Waals surface area contributed by atoms with Crippen molar-refractivity contribution in [3.05, 3.63) is 72.4 Å². The number of hydrogen-bond donors (Lipinski definition) is 3. The fourth-order valence-corrected chi connectivity index (χ4v) is 4.35. The Bertz CT molecular complexity index is 1420. The highest BCUT2D eigenvalue weighted by molar-refractivity contribution is 7.92. The van der Waals surface area contributed by atoms with Crippen LogP contribution in [0.3, 0.4) is 0 Å². The molecule has 1 aromatic heterocycles. The number of azo groups is 1. The number of carboxylic acid groups (broad SMARTS) is 1. The van der Waals surface area contributed by atoms with Crippen LogP contribution in [0.2, 0.25) is 0 Å². The molecular formula is C25H28N5O7S+. The molecule has 3 aromatic rings. The molecule has 0 amide bonds. The quantitative estimate of drug-likeness (QED) is 0.187. The maximum atomic E-state index is 12.7. The number of carboxylic acids is 1. The Morgan fingerprint density at radius 2 is 1.68 bits per heavy atom. The van der Waals surface area contributed by atoms with Gasteiger partial charge in [0, 0.05) is 6.20 Å². The number of phenolic OH excluding ortho intramolecular Hbond substituents is 1. The molecule has 13 heteroatoms. The van der Waals surface area contributed by atoms with Crippen molar-refractivity contribution in [2.75, 3.05) is 32.4 Å². The molecule has 2 aromatic carbocycles. The second-order valence-electron chi connectivity index (χ2n) is 9.31. The lowest BCUT2D eigenvalue weighted by atomic mass is 10.1. The van der Waals surface area contributed by atoms with Crippen molar-refractivity contribution in [1.82, 2.24) is 4.98 Å². The van der Waals surface area contributed by atoms with Crippen molar-refractivity contribution in [3.63, 3.8) is 0 Å². The first-order valence-corrected chi connectivity index (χ1v) is 12.8. The van der Waals surface area contributed by atoms with Gasteiger partial charge in [0.05, 0.1) is 43.8 Å². The molecule has 0 spiro atoms. The van der Waals surface area contributed by atoms with E-state index in [0.29, 0.717) is 10.2 Å². The molecule has 0 bridgehead atoms. The highest BCUT2D eigenvalue weighted by atomic mass is 32.2. The molecule has 0 aliphatic carbocycles. The van der Waals surface area contributed by atoms with Crippen molar-refractivity contribution < 1.29 is 37.4 Å². The number of aromatic nitrogens is 1. The summed E-state index contributed by atoms with van der Waals surface area (Å²) in [7, 11) is 1.65. The van der Waals surface area contributed by atoms with Gasteiger partial charge in [-0.15, -0.1) is 0 Å². The minimum Gasteiger partial charge on any atom is -0.507 e. The maximum Gasteiger partial charge on any atom is 0.342 e. The van der Waals surface area contributed by atoms with E-state index in [2.05, 4.69) is 19.9 Å². The van der Waals surface area contributed by atoms with Crippen molar-refractivity contribution >= 4 is 39.2 Å². The molecule has 38 heavy (non-hydrogen) atoms. The van der Waals surface area contributed by atoms with E-state index in [-0.39, 0.29) is 40.7 Å². The van der Waals surface area contributed by atoms with Gasteiger partial charge in [0.1, 0.15) is 23.7 Å². The number of phenols is 1. The van der Waals surface area contributed by atoms with Gasteiger partial charge in [-0.25, -0.2) is 18.2 Å². The topological polar surface area (TPSA) is 168 Å². The first-order chi connectivity index (χ1) is 17.8. The number of aliphatic carboxylic acids is 1. The highest BCUT2D eigenvalue weighted by Gasteiger charge is 2.26. The molecule has 3 rings (SSSR count). The van der Waals surface area contributed by atoms with E-state index in [1.165, 1.54) is 54.7 Å². The van der Waals surface area contributed by atoms with Gasteiger partial charge in [0.2, 0.25) is 0 Å². The number of carbonyl (C=O) groups excluding carboxylic acids is 1. The molecule has 12 nitrogen and oxygen atoms in total. The van der Waals surface area contributed by atoms with Crippen LogP contribution < -0.4 is 4.72 Å². The van der Waals surface area contributed by atoms with E-state index < -0.39 is 28.1 Å². The van der Waals surface area contributed by atoms with Crippen molar-refractivity contribution in [3.8, 4) is 5.75 Å². The Balaban J connectivity index is 1.73. The van der Waals surface area contributed by atoms with Crippen LogP contribution in [-0.4, -0.2) is 73.8 Å². The third-order valence-corrected chi connectivity index (χ3v) is 6.33. The molecule has 0 aliphatic heterocycles. The highest BCUT2D eigenvalue weighted by Crippen LogP contribution is 2.27. The summed E-state index contributed by atoms with van der Waals surface area (Å²) in [6.45, 7) is 0.251. The second kappa shape index (κ2) is 11.8. The van der Waals surface area contributed by atoms with Crippen LogP contribution in [0.5, 0.6) is 5.75 Å². The van der Waals surface area contributed by atoms with E-state index in [9.17, 15) is 23.1 Å². The van der Waals surface area contributed by atoms with Gasteiger partial charge >= 0.3 is 11.9 Å². The van der Waals surface area contributed by atoms with Gasteiger partial charge in [0.25, 0.3) is 10.0 Å². The zero-order chi connectivity index (χ0) is 27.9. The smallest absolute Gasteiger partial charge is 0.342 e. The SMILES string of the molecule is C[N+](C)(C)CC(CC(=O)O)OC(=O)c1cc(N=Nc2ccc(S(=O)(=O)Nc3ccccn3)cc2)ccc1O. The van der Waals surface area contributed by atoms with Gasteiger partial charge in [-0.1, -0.05) is 6.07 Å². The zero-order valence-corrected chi connectivity index (χ0v) is 21.8. The van der Waals surface area contributed by atoms with Crippen LogP contribution in [0.4, 0.5) is 17.2 Å². The third-order valence-electron chi connectivity index (χ3n) is 4.96. The van der Waals surface area contributed by atoms with Crippen LogP contribution in [0.1, 0.15) is 16.8 Å². The predicted molar refractivity (Wildman–Crippen MR) is 138 cm³/mol. The van der Waals surface area contributed by atoms with Crippen molar-refractivity contribution in [1.29, 1.82) is 0 Å². The molecule has 0 radical (unpaired) electrons. The minimum absolute atomic E-state index is 0.00145. The number of likely N-dealkylation sites (N-methyl/N-ethyl adjacent to an activating group) is 1. The molecule has 0 saturated carbocycles. The first-order valence-electron chi connectivity index (χ1n) is 11.3. The Morgan fingerprint density at radius 1 is 1.03 bits per heavy atom. The summed E-state index contributed by atoms with van der Waals surface area (Å²) in [6.07, 6.45) is 0.173. The number of hydrogen-bond acceptors (Lipinski definition) is 9. The monoisotopic (exact) mass is 542 g/mol. The number of sulfonamides is 1. The predicted octanol–water partition coefficient (Wildman–Crippen LogP) is 3.71. The van der Waals surface area contributed by atoms with Crippen LogP contribution in [0, 0.1) is 0 Å². The zero-order valence-electron chi connectivity index (χ0n) is 21.0. The number of anilines is 1. The molecule has 200 valence electrons. The summed E-state index contributed by atoms with van der Waals surface area (Å²) in [4.78, 5) is 27.8. The number of aromatic hydroxyl groups is 1. The summed E-state index contributed by atoms with van der Waals surface area (Å²) in [5.74, 6) is -2.18. The summed E-state index contributed by atoms with van der Waals surface area (Å²) >= 11 is 0. The molecule has 0 saturated heterocycles. The number of carbonyl (C=O) groups is 2. The average Bonchev–Trinajstić information content (AvgIpc) is 2.82. The van der Waals surface area contributed by atoms with Crippen LogP contribution in [0.25, 0.3) is 0 Å². The Labute approximate surface area is 219 Å². The Morgan fingerprint density at radius 3 is 2.29 bits per heavy atom. The lowest BCUT2D eigenvalue weighted by Crippen LogP contribution is -2.43. The van der Waals surface area contributed by atoms with E-state index in [1.807, 2.05) is 21.1 Å². The van der Waals surface area contributed by atoms with Gasteiger partial charge in [-0.2, -0.15) is 10.2 Å². The lowest BCUT2D eigenvalue weighted by Gasteiger charge is -2.28. The first kappa shape index (κ1) is 28.2. The molecular weight excluding hydrogens is 514 g/mol. The van der Waals surface area contributed by atoms with Gasteiger partial charge in [-0.3, -0.25) is 9.52 Å². The number of quaternary nitrogens is 1. The number of pyridine rings is 1. The fourth-order valence-electron chi connectivity index (χ4n) is 3.34. The average molecular weight is 543 g/mol. The van der Waals surface area contributed by atoms with Crippen LogP contribution >= 0.6 is 0 Å². The number of nitrogens with one attached hydrogen (secondary N) is 1. The molecule has 0 aliphatic rings. The van der Waals surface area contributed by atoms with E-state index >= 15 is 0 Å². The normalized spacial score (nSPS) is 12.7. The molecule has 1 heterocycles. The number of ether oxygens (including phenoxy) is 1. The number of benzene rings is 2. The van der Waals surface area contributed by atoms with Crippen LogP contribution in [0.15, 0.2) is 82.0 Å². The summed E-state index contributed by atoms with van der Waals surface area (Å²) in [5.41, 5.74) is 0.355. The van der Waals surface area contributed by atoms with E-state index in [1.54, 1.807) is 12.1 Å². The van der Waals surface area contributed by atoms with Crippen molar-refractivity contribution in [2.24, 2.45) is 10.2 Å². The molecule has 1 atom stereocenters. The van der Waals surface area contributed by atoms with Crippen molar-refractivity contribution in [2.45, 2.75) is 17.4 Å². The van der Waals surface area contributed by atoms with Gasteiger partial charge in [-0.05, 0) is 54.6 Å². The van der Waals surface area contributed by atoms with Gasteiger partial charge < -0.3 is 19.4 Å². The lowest BCUT2D eigenvalue weighted by molar-refractivity contribution is -0.873. The fraction of sp³-hybridized carbons (Fsp3) is 0.240. The third kappa shape index (κ3) is 8.35. The van der Waals surface area contributed by atoms with Crippen LogP contribution in [-0.2, 0) is 19.6 Å². The summed E-state index contributed by atoms with van der Waals surface area (Å²) < 4.78 is 33.2. The number of nitrogens with zero attached hydrogens (tertiary/aromatic N) is 4. The van der Waals surface area contributed by atoms with E-state index in [0.717, 1.165) is 0 Å². The summed E-state index contributed by atoms with van der Waals surface area (Å²) in [5, 5.41) is 27.4. The molecule has 1 unspecified atom stereocenters. The van der Waals surface area contributed by atoms with E-state index in [4.69, 9.17) is 9.84 Å². The maximum absolute atomic E-state index is 12.7. The van der Waals surface area contributed by atoms with Gasteiger partial charge in [0.15, 0.2) is 6.10 Å². The standard InChI is InChI=1S/C25H27N5O7S/c1-30(2,3)16-19(15-24(32)33)37-25(34)21-14-18(9-12-22(21)31)28-27-17-7-10-20(11-8-17)38(35,36)29-23-6-4-5-13-26-23/h4-14,19H,15-16H2,1-3H3,(H2-,26,27,29,31,32,33,34)/p+1. The Hall–Kier alpha value is -4.36. The number of rotatable bonds is 11. The second-order valence-corrected chi connectivity index (χ2v) is 11.0. The molecule has 0 fully saturated rings. The minimum atomic E-state index is -3.85. The largest absolute Gasteiger partial charge is 0.507 e. The number of esters is 1. The summed E-state index contributed by atoms with van der Waals surface area (Å²) in [6, 6.07) is 14.4. The molecule has 3 N–H and O–H groups in total.